The molecule has 0 radical (unpaired) electrons. The van der Waals surface area contributed by atoms with E-state index in [0.717, 1.165) is 19.3 Å². The fourth-order valence-electron chi connectivity index (χ4n) is 3.76. The lowest BCUT2D eigenvalue weighted by Crippen LogP contribution is -2.32. The summed E-state index contributed by atoms with van der Waals surface area (Å²) >= 11 is 0. The van der Waals surface area contributed by atoms with Gasteiger partial charge in [-0.3, -0.25) is 9.48 Å². The Hall–Kier alpha value is -1.32. The topological polar surface area (TPSA) is 46.9 Å². The summed E-state index contributed by atoms with van der Waals surface area (Å²) in [5, 5.41) is 7.58. The van der Waals surface area contributed by atoms with Crippen molar-refractivity contribution in [3.63, 3.8) is 0 Å². The van der Waals surface area contributed by atoms with E-state index in [9.17, 15) is 4.79 Å². The third-order valence-corrected chi connectivity index (χ3v) is 4.91. The second-order valence-corrected chi connectivity index (χ2v) is 6.39. The van der Waals surface area contributed by atoms with Gasteiger partial charge in [0.05, 0.1) is 12.2 Å². The van der Waals surface area contributed by atoms with Crippen LogP contribution >= 0.6 is 0 Å². The molecule has 0 saturated heterocycles. The number of hydrogen-bond donors (Lipinski definition) is 1. The van der Waals surface area contributed by atoms with Crippen LogP contribution in [0.2, 0.25) is 0 Å². The molecule has 1 N–H and O–H groups in total. The Morgan fingerprint density at radius 2 is 2.10 bits per heavy atom. The molecule has 0 spiro atoms. The average molecular weight is 275 g/mol. The van der Waals surface area contributed by atoms with Crippen molar-refractivity contribution in [3.05, 3.63) is 17.5 Å². The molecule has 1 unspecified atom stereocenters. The lowest BCUT2D eigenvalue weighted by atomic mass is 9.86. The maximum Gasteiger partial charge on any atom is 0.220 e. The molecule has 1 heterocycles. The maximum atomic E-state index is 12.3. The fraction of sp³-hybridized carbons (Fsp3) is 0.750. The SMILES string of the molecule is Cn1ncc2c1CCCC2NC(=O)CC1CCCCC1. The van der Waals surface area contributed by atoms with Crippen LogP contribution in [-0.2, 0) is 18.3 Å². The van der Waals surface area contributed by atoms with Gasteiger partial charge in [-0.2, -0.15) is 5.10 Å². The van der Waals surface area contributed by atoms with Crippen molar-refractivity contribution in [3.8, 4) is 0 Å². The molecule has 2 aliphatic rings. The zero-order valence-corrected chi connectivity index (χ0v) is 12.4. The first-order valence-electron chi connectivity index (χ1n) is 8.04. The van der Waals surface area contributed by atoms with Gasteiger partial charge in [-0.25, -0.2) is 0 Å². The predicted molar refractivity (Wildman–Crippen MR) is 78.2 cm³/mol. The van der Waals surface area contributed by atoms with Crippen molar-refractivity contribution < 1.29 is 4.79 Å². The Balaban J connectivity index is 1.59. The van der Waals surface area contributed by atoms with E-state index in [0.29, 0.717) is 12.3 Å². The van der Waals surface area contributed by atoms with E-state index in [1.807, 2.05) is 17.9 Å². The highest BCUT2D eigenvalue weighted by Crippen LogP contribution is 2.30. The van der Waals surface area contributed by atoms with Gasteiger partial charge >= 0.3 is 0 Å². The van der Waals surface area contributed by atoms with Crippen LogP contribution in [0.4, 0.5) is 0 Å². The molecule has 0 aromatic carbocycles. The van der Waals surface area contributed by atoms with Crippen LogP contribution in [0.1, 0.15) is 68.7 Å². The molecule has 1 aromatic heterocycles. The van der Waals surface area contributed by atoms with E-state index >= 15 is 0 Å². The Morgan fingerprint density at radius 1 is 1.30 bits per heavy atom. The van der Waals surface area contributed by atoms with Crippen LogP contribution in [0.25, 0.3) is 0 Å². The molecule has 20 heavy (non-hydrogen) atoms. The summed E-state index contributed by atoms with van der Waals surface area (Å²) < 4.78 is 1.95. The molecule has 3 rings (SSSR count). The largest absolute Gasteiger partial charge is 0.349 e. The van der Waals surface area contributed by atoms with E-state index in [4.69, 9.17) is 0 Å². The summed E-state index contributed by atoms with van der Waals surface area (Å²) in [6.45, 7) is 0. The molecular formula is C16H25N3O. The van der Waals surface area contributed by atoms with E-state index in [1.165, 1.54) is 43.4 Å². The second kappa shape index (κ2) is 5.98. The molecule has 4 heteroatoms. The van der Waals surface area contributed by atoms with Crippen molar-refractivity contribution in [1.82, 2.24) is 15.1 Å². The Bertz CT molecular complexity index is 474. The van der Waals surface area contributed by atoms with Crippen LogP contribution in [0.3, 0.4) is 0 Å². The van der Waals surface area contributed by atoms with E-state index in [-0.39, 0.29) is 11.9 Å². The summed E-state index contributed by atoms with van der Waals surface area (Å²) in [6.07, 6.45) is 12.3. The minimum Gasteiger partial charge on any atom is -0.349 e. The number of hydrogen-bond acceptors (Lipinski definition) is 2. The van der Waals surface area contributed by atoms with Crippen LogP contribution < -0.4 is 5.32 Å². The van der Waals surface area contributed by atoms with Gasteiger partial charge in [-0.05, 0) is 38.0 Å². The lowest BCUT2D eigenvalue weighted by Gasteiger charge is -2.26. The zero-order chi connectivity index (χ0) is 13.9. The van der Waals surface area contributed by atoms with Gasteiger partial charge in [0.15, 0.2) is 0 Å². The highest BCUT2D eigenvalue weighted by Gasteiger charge is 2.25. The number of rotatable bonds is 3. The van der Waals surface area contributed by atoms with E-state index < -0.39 is 0 Å². The van der Waals surface area contributed by atoms with Crippen LogP contribution in [0, 0.1) is 5.92 Å². The number of aryl methyl sites for hydroxylation is 1. The van der Waals surface area contributed by atoms with Crippen LogP contribution in [0.5, 0.6) is 0 Å². The number of amides is 1. The van der Waals surface area contributed by atoms with Crippen LogP contribution in [0.15, 0.2) is 6.20 Å². The zero-order valence-electron chi connectivity index (χ0n) is 12.4. The Labute approximate surface area is 120 Å². The molecule has 0 aliphatic heterocycles. The van der Waals surface area contributed by atoms with Crippen molar-refractivity contribution in [2.45, 2.75) is 63.8 Å². The first-order chi connectivity index (χ1) is 9.74. The lowest BCUT2D eigenvalue weighted by molar-refractivity contribution is -0.123. The van der Waals surface area contributed by atoms with Crippen LogP contribution in [-0.4, -0.2) is 15.7 Å². The van der Waals surface area contributed by atoms with Gasteiger partial charge in [-0.15, -0.1) is 0 Å². The minimum atomic E-state index is 0.184. The summed E-state index contributed by atoms with van der Waals surface area (Å²) in [6, 6.07) is 0.184. The van der Waals surface area contributed by atoms with Gasteiger partial charge in [0.25, 0.3) is 0 Å². The molecule has 1 aromatic rings. The fourth-order valence-corrected chi connectivity index (χ4v) is 3.76. The van der Waals surface area contributed by atoms with Gasteiger partial charge in [0.1, 0.15) is 0 Å². The number of carbonyl (C=O) groups is 1. The molecule has 110 valence electrons. The van der Waals surface area contributed by atoms with Crippen molar-refractivity contribution in [2.75, 3.05) is 0 Å². The first-order valence-corrected chi connectivity index (χ1v) is 8.04. The minimum absolute atomic E-state index is 0.184. The summed E-state index contributed by atoms with van der Waals surface area (Å²) in [7, 11) is 1.99. The Morgan fingerprint density at radius 3 is 2.90 bits per heavy atom. The molecule has 1 fully saturated rings. The second-order valence-electron chi connectivity index (χ2n) is 6.39. The molecule has 1 atom stereocenters. The number of aromatic nitrogens is 2. The summed E-state index contributed by atoms with van der Waals surface area (Å²) in [5.41, 5.74) is 2.52. The monoisotopic (exact) mass is 275 g/mol. The third kappa shape index (κ3) is 2.89. The van der Waals surface area contributed by atoms with Crippen molar-refractivity contribution in [1.29, 1.82) is 0 Å². The van der Waals surface area contributed by atoms with E-state index in [1.54, 1.807) is 0 Å². The molecule has 2 aliphatic carbocycles. The molecule has 1 saturated carbocycles. The van der Waals surface area contributed by atoms with Crippen molar-refractivity contribution >= 4 is 5.91 Å². The summed E-state index contributed by atoms with van der Waals surface area (Å²) in [4.78, 5) is 12.3. The number of nitrogens with zero attached hydrogens (tertiary/aromatic N) is 2. The van der Waals surface area contributed by atoms with Gasteiger partial charge in [0.2, 0.25) is 5.91 Å². The van der Waals surface area contributed by atoms with Gasteiger partial charge in [0, 0.05) is 24.7 Å². The molecule has 1 amide bonds. The smallest absolute Gasteiger partial charge is 0.220 e. The molecule has 4 nitrogen and oxygen atoms in total. The molecule has 0 bridgehead atoms. The standard InChI is InChI=1S/C16H25N3O/c1-19-15-9-5-8-14(13(15)11-17-19)18-16(20)10-12-6-3-2-4-7-12/h11-12,14H,2-10H2,1H3,(H,18,20). The quantitative estimate of drug-likeness (QED) is 0.922. The molecular weight excluding hydrogens is 250 g/mol. The maximum absolute atomic E-state index is 12.3. The highest BCUT2D eigenvalue weighted by atomic mass is 16.1. The van der Waals surface area contributed by atoms with Gasteiger partial charge < -0.3 is 5.32 Å². The number of nitrogens with one attached hydrogen (secondary N) is 1. The number of carbonyl (C=O) groups excluding carboxylic acids is 1. The van der Waals surface area contributed by atoms with Gasteiger partial charge in [-0.1, -0.05) is 19.3 Å². The summed E-state index contributed by atoms with van der Waals surface area (Å²) in [5.74, 6) is 0.847. The third-order valence-electron chi connectivity index (χ3n) is 4.91. The normalized spacial score (nSPS) is 23.4. The first kappa shape index (κ1) is 13.7. The average Bonchev–Trinajstić information content (AvgIpc) is 2.83. The van der Waals surface area contributed by atoms with Crippen molar-refractivity contribution in [2.24, 2.45) is 13.0 Å². The predicted octanol–water partition coefficient (Wildman–Crippen LogP) is 2.88. The highest BCUT2D eigenvalue weighted by molar-refractivity contribution is 5.76. The number of fused-ring (bicyclic) bond motifs is 1. The Kier molecular flexibility index (Phi) is 4.08. The van der Waals surface area contributed by atoms with E-state index in [2.05, 4.69) is 10.4 Å².